The molecule has 1 aliphatic rings. The molecule has 1 rings (SSSR count). The van der Waals surface area contributed by atoms with E-state index in [9.17, 15) is 43.5 Å². The molecule has 1 fully saturated rings. The third kappa shape index (κ3) is 20.2. The number of hydrogen-bond acceptors (Lipinski definition) is 10. The summed E-state index contributed by atoms with van der Waals surface area (Å²) in [7, 11) is 0. The van der Waals surface area contributed by atoms with Crippen molar-refractivity contribution in [3.63, 3.8) is 0 Å². The van der Waals surface area contributed by atoms with Crippen molar-refractivity contribution in [2.45, 2.75) is 96.1 Å². The standard InChI is InChI=1S/C31H50N4O13/c1-20(36)13-15-47-17-18-48-16-14-32-30(44)23(10-12-28(41)42)34-26(38)11-9-24(31(45)46)35-29(43)22-7-5-21(6-8-22)19-33-25(37)3-2-4-27(39)40/h21-24H,2-19H2,1H3,(H,32,44)(H,33,37)(H,34,38)(H,35,43)(H,39,40)(H,41,42)(H,45,46). The Kier molecular flexibility index (Phi) is 21.0. The molecule has 0 aromatic rings. The molecule has 7 N–H and O–H groups in total. The van der Waals surface area contributed by atoms with E-state index < -0.39 is 60.1 Å². The number of nitrogens with one attached hydrogen (secondary N) is 4. The average molecular weight is 687 g/mol. The van der Waals surface area contributed by atoms with Gasteiger partial charge in [-0.2, -0.15) is 0 Å². The molecule has 0 heterocycles. The number of ether oxygens (including phenoxy) is 2. The number of rotatable bonds is 26. The summed E-state index contributed by atoms with van der Waals surface area (Å²) in [6.45, 7) is 2.84. The molecule has 0 radical (unpaired) electrons. The van der Waals surface area contributed by atoms with Crippen molar-refractivity contribution in [3.05, 3.63) is 0 Å². The lowest BCUT2D eigenvalue weighted by atomic mass is 9.81. The maximum atomic E-state index is 12.8. The van der Waals surface area contributed by atoms with Crippen LogP contribution in [0.2, 0.25) is 0 Å². The van der Waals surface area contributed by atoms with Crippen molar-refractivity contribution in [3.8, 4) is 0 Å². The van der Waals surface area contributed by atoms with Gasteiger partial charge in [-0.25, -0.2) is 4.79 Å². The molecule has 0 saturated heterocycles. The number of hydrogen-bond donors (Lipinski definition) is 7. The smallest absolute Gasteiger partial charge is 0.326 e. The SMILES string of the molecule is CC(=O)CCOCCOCCNC(=O)C(CCC(=O)O)NC(=O)CCC(NC(=O)C1CCC(CNC(=O)CCCC(=O)O)CC1)C(=O)O. The first kappa shape index (κ1) is 41.9. The Morgan fingerprint density at radius 3 is 1.90 bits per heavy atom. The molecule has 17 heteroatoms. The summed E-state index contributed by atoms with van der Waals surface area (Å²) in [6.07, 6.45) is 1.62. The van der Waals surface area contributed by atoms with Crippen LogP contribution in [0.3, 0.4) is 0 Å². The molecule has 1 aliphatic carbocycles. The fourth-order valence-corrected chi connectivity index (χ4v) is 4.91. The first-order chi connectivity index (χ1) is 22.8. The lowest BCUT2D eigenvalue weighted by Crippen LogP contribution is -2.48. The summed E-state index contributed by atoms with van der Waals surface area (Å²) in [6, 6.07) is -2.55. The molecule has 48 heavy (non-hydrogen) atoms. The average Bonchev–Trinajstić information content (AvgIpc) is 3.02. The third-order valence-corrected chi connectivity index (χ3v) is 7.69. The number of Topliss-reactive ketones (excluding diaryl/α,β-unsaturated/α-hetero) is 1. The molecule has 0 aliphatic heterocycles. The number of ketones is 1. The number of carboxylic acid groups (broad SMARTS) is 3. The highest BCUT2D eigenvalue weighted by molar-refractivity contribution is 5.89. The number of carbonyl (C=O) groups is 8. The Bertz CT molecular complexity index is 1090. The van der Waals surface area contributed by atoms with Gasteiger partial charge in [0.15, 0.2) is 0 Å². The minimum Gasteiger partial charge on any atom is -0.481 e. The van der Waals surface area contributed by atoms with Crippen LogP contribution in [0.15, 0.2) is 0 Å². The van der Waals surface area contributed by atoms with Gasteiger partial charge in [0.05, 0.1) is 26.4 Å². The number of carboxylic acids is 3. The molecular formula is C31H50N4O13. The van der Waals surface area contributed by atoms with E-state index in [2.05, 4.69) is 21.3 Å². The van der Waals surface area contributed by atoms with Gasteiger partial charge in [0, 0.05) is 51.1 Å². The fraction of sp³-hybridized carbons (Fsp3) is 0.742. The summed E-state index contributed by atoms with van der Waals surface area (Å²) in [5, 5.41) is 37.6. The van der Waals surface area contributed by atoms with Crippen LogP contribution in [-0.2, 0) is 47.8 Å². The Morgan fingerprint density at radius 2 is 1.29 bits per heavy atom. The van der Waals surface area contributed by atoms with Crippen LogP contribution in [0.1, 0.15) is 84.0 Å². The lowest BCUT2D eigenvalue weighted by Gasteiger charge is -2.28. The highest BCUT2D eigenvalue weighted by atomic mass is 16.5. The molecule has 0 bridgehead atoms. The van der Waals surface area contributed by atoms with Crippen molar-refractivity contribution in [2.75, 3.05) is 39.5 Å². The second-order valence-electron chi connectivity index (χ2n) is 11.7. The van der Waals surface area contributed by atoms with Crippen LogP contribution in [0.25, 0.3) is 0 Å². The zero-order chi connectivity index (χ0) is 35.9. The van der Waals surface area contributed by atoms with Crippen molar-refractivity contribution in [1.29, 1.82) is 0 Å². The summed E-state index contributed by atoms with van der Waals surface area (Å²) in [4.78, 5) is 94.3. The molecular weight excluding hydrogens is 636 g/mol. The molecule has 17 nitrogen and oxygen atoms in total. The van der Waals surface area contributed by atoms with Gasteiger partial charge in [0.25, 0.3) is 0 Å². The van der Waals surface area contributed by atoms with Gasteiger partial charge in [-0.3, -0.25) is 33.6 Å². The van der Waals surface area contributed by atoms with E-state index in [1.165, 1.54) is 6.92 Å². The highest BCUT2D eigenvalue weighted by Crippen LogP contribution is 2.28. The Morgan fingerprint density at radius 1 is 0.667 bits per heavy atom. The highest BCUT2D eigenvalue weighted by Gasteiger charge is 2.30. The molecule has 0 aromatic heterocycles. The van der Waals surface area contributed by atoms with Gasteiger partial charge in [0.1, 0.15) is 17.9 Å². The fourth-order valence-electron chi connectivity index (χ4n) is 4.91. The first-order valence-electron chi connectivity index (χ1n) is 16.2. The van der Waals surface area contributed by atoms with E-state index in [0.717, 1.165) is 0 Å². The predicted molar refractivity (Wildman–Crippen MR) is 167 cm³/mol. The van der Waals surface area contributed by atoms with Crippen molar-refractivity contribution in [1.82, 2.24) is 21.3 Å². The predicted octanol–water partition coefficient (Wildman–Crippen LogP) is -0.00840. The minimum atomic E-state index is -1.36. The van der Waals surface area contributed by atoms with Crippen LogP contribution in [0, 0.1) is 11.8 Å². The van der Waals surface area contributed by atoms with E-state index in [4.69, 9.17) is 19.7 Å². The van der Waals surface area contributed by atoms with Gasteiger partial charge in [-0.15, -0.1) is 0 Å². The van der Waals surface area contributed by atoms with Gasteiger partial charge in [-0.05, 0) is 57.8 Å². The molecule has 4 amide bonds. The van der Waals surface area contributed by atoms with Crippen LogP contribution in [0.5, 0.6) is 0 Å². The number of carbonyl (C=O) groups excluding carboxylic acids is 5. The van der Waals surface area contributed by atoms with Gasteiger partial charge in [-0.1, -0.05) is 0 Å². The van der Waals surface area contributed by atoms with Crippen molar-refractivity contribution >= 4 is 47.3 Å². The van der Waals surface area contributed by atoms with Crippen LogP contribution in [0.4, 0.5) is 0 Å². The van der Waals surface area contributed by atoms with E-state index in [-0.39, 0.29) is 89.1 Å². The molecule has 1 saturated carbocycles. The van der Waals surface area contributed by atoms with Crippen LogP contribution >= 0.6 is 0 Å². The summed E-state index contributed by atoms with van der Waals surface area (Å²) < 4.78 is 10.6. The number of aliphatic carboxylic acids is 3. The minimum absolute atomic E-state index is 0.0115. The largest absolute Gasteiger partial charge is 0.481 e. The molecule has 0 spiro atoms. The number of amides is 4. The first-order valence-corrected chi connectivity index (χ1v) is 16.2. The Balaban J connectivity index is 2.46. The van der Waals surface area contributed by atoms with E-state index in [1.807, 2.05) is 0 Å². The molecule has 2 unspecified atom stereocenters. The Hall–Kier alpha value is -4.12. The van der Waals surface area contributed by atoms with Crippen molar-refractivity contribution < 1.29 is 63.1 Å². The maximum Gasteiger partial charge on any atom is 0.326 e. The zero-order valence-electron chi connectivity index (χ0n) is 27.5. The van der Waals surface area contributed by atoms with Crippen molar-refractivity contribution in [2.24, 2.45) is 11.8 Å². The van der Waals surface area contributed by atoms with E-state index >= 15 is 0 Å². The Labute approximate surface area is 279 Å². The third-order valence-electron chi connectivity index (χ3n) is 7.69. The summed E-state index contributed by atoms with van der Waals surface area (Å²) >= 11 is 0. The lowest BCUT2D eigenvalue weighted by molar-refractivity contribution is -0.143. The van der Waals surface area contributed by atoms with Gasteiger partial charge >= 0.3 is 17.9 Å². The van der Waals surface area contributed by atoms with E-state index in [0.29, 0.717) is 38.6 Å². The molecule has 2 atom stereocenters. The summed E-state index contributed by atoms with van der Waals surface area (Å²) in [5.41, 5.74) is 0. The van der Waals surface area contributed by atoms with Crippen LogP contribution < -0.4 is 21.3 Å². The second kappa shape index (κ2) is 24.1. The van der Waals surface area contributed by atoms with Crippen LogP contribution in [-0.4, -0.2) is 114 Å². The summed E-state index contributed by atoms with van der Waals surface area (Å²) in [5.74, 6) is -5.77. The monoisotopic (exact) mass is 686 g/mol. The zero-order valence-corrected chi connectivity index (χ0v) is 27.5. The normalized spacial score (nSPS) is 16.9. The van der Waals surface area contributed by atoms with Gasteiger partial charge < -0.3 is 46.1 Å². The molecule has 0 aromatic carbocycles. The van der Waals surface area contributed by atoms with Gasteiger partial charge in [0.2, 0.25) is 23.6 Å². The van der Waals surface area contributed by atoms with E-state index in [1.54, 1.807) is 0 Å². The maximum absolute atomic E-state index is 12.8. The molecule has 272 valence electrons. The quantitative estimate of drug-likeness (QED) is 0.0591. The topological polar surface area (TPSA) is 264 Å². The second-order valence-corrected chi connectivity index (χ2v) is 11.7.